The number of halogens is 2. The molecule has 1 aromatic heterocycles. The van der Waals surface area contributed by atoms with Gasteiger partial charge in [0.25, 0.3) is 0 Å². The number of alkyl halides is 1. The minimum atomic E-state index is -1.88. The summed E-state index contributed by atoms with van der Waals surface area (Å²) in [6.45, 7) is 0.876. The number of aromatic carboxylic acids is 1. The number of nitrogens with two attached hydrogens (primary N) is 2. The van der Waals surface area contributed by atoms with Gasteiger partial charge in [-0.1, -0.05) is 0 Å². The van der Waals surface area contributed by atoms with Gasteiger partial charge in [-0.05, 0) is 12.3 Å². The number of aromatic nitrogens is 1. The number of carboxylic acid groups (broad SMARTS) is 1. The molecule has 0 amide bonds. The third-order valence-corrected chi connectivity index (χ3v) is 6.40. The highest BCUT2D eigenvalue weighted by atomic mass is 19.1. The SMILES string of the molecule is COc1c(N2CC3CC3(N)C2)c(F)c(N)c2c(=O)c(C(=O)O)cn(C3(F)CC3)c12. The van der Waals surface area contributed by atoms with Gasteiger partial charge in [-0.15, -0.1) is 0 Å². The van der Waals surface area contributed by atoms with Gasteiger partial charge in [-0.2, -0.15) is 0 Å². The lowest BCUT2D eigenvalue weighted by atomic mass is 10.1. The molecule has 5 rings (SSSR count). The number of anilines is 2. The van der Waals surface area contributed by atoms with E-state index in [1.807, 2.05) is 0 Å². The number of piperidine rings is 1. The molecular weight excluding hydrogens is 386 g/mol. The maximum atomic E-state index is 15.4. The predicted octanol–water partition coefficient (Wildman–Crippen LogP) is 1.38. The van der Waals surface area contributed by atoms with Gasteiger partial charge >= 0.3 is 5.97 Å². The van der Waals surface area contributed by atoms with Gasteiger partial charge in [-0.3, -0.25) is 4.79 Å². The van der Waals surface area contributed by atoms with E-state index in [2.05, 4.69) is 0 Å². The summed E-state index contributed by atoms with van der Waals surface area (Å²) in [6, 6.07) is 0. The number of rotatable bonds is 4. The zero-order chi connectivity index (χ0) is 20.9. The molecule has 2 heterocycles. The van der Waals surface area contributed by atoms with Gasteiger partial charge in [0.1, 0.15) is 16.8 Å². The molecule has 2 saturated carbocycles. The molecule has 1 aromatic carbocycles. The number of ether oxygens (including phenoxy) is 1. The third kappa shape index (κ3) is 2.32. The number of methoxy groups -OCH3 is 1. The zero-order valence-electron chi connectivity index (χ0n) is 15.7. The average Bonchev–Trinajstić information content (AvgIpc) is 3.52. The van der Waals surface area contributed by atoms with Crippen LogP contribution in [0.4, 0.5) is 20.2 Å². The molecule has 2 unspecified atom stereocenters. The van der Waals surface area contributed by atoms with Crippen molar-refractivity contribution < 1.29 is 23.4 Å². The highest BCUT2D eigenvalue weighted by Gasteiger charge is 2.58. The van der Waals surface area contributed by atoms with Crippen LogP contribution < -0.4 is 26.5 Å². The lowest BCUT2D eigenvalue weighted by Crippen LogP contribution is -2.34. The summed E-state index contributed by atoms with van der Waals surface area (Å²) in [5.74, 6) is -4.14. The first-order chi connectivity index (χ1) is 13.6. The minimum absolute atomic E-state index is 0.0231. The van der Waals surface area contributed by atoms with Gasteiger partial charge in [0.05, 0.1) is 18.2 Å². The Balaban J connectivity index is 1.88. The molecule has 3 fully saturated rings. The van der Waals surface area contributed by atoms with E-state index in [1.54, 1.807) is 4.90 Å². The summed E-state index contributed by atoms with van der Waals surface area (Å²) < 4.78 is 37.1. The van der Waals surface area contributed by atoms with Crippen LogP contribution in [0, 0.1) is 11.7 Å². The van der Waals surface area contributed by atoms with Crippen LogP contribution in [0.5, 0.6) is 5.75 Å². The van der Waals surface area contributed by atoms with E-state index in [9.17, 15) is 14.7 Å². The zero-order valence-corrected chi connectivity index (χ0v) is 15.7. The van der Waals surface area contributed by atoms with E-state index in [0.717, 1.165) is 17.2 Å². The van der Waals surface area contributed by atoms with E-state index < -0.39 is 45.2 Å². The normalized spacial score (nSPS) is 26.5. The van der Waals surface area contributed by atoms with Crippen LogP contribution in [0.25, 0.3) is 10.9 Å². The van der Waals surface area contributed by atoms with Gasteiger partial charge in [0.2, 0.25) is 5.43 Å². The van der Waals surface area contributed by atoms with Gasteiger partial charge in [-0.25, -0.2) is 13.6 Å². The molecule has 8 nitrogen and oxygen atoms in total. The summed E-state index contributed by atoms with van der Waals surface area (Å²) in [5.41, 5.74) is 9.63. The largest absolute Gasteiger partial charge is 0.492 e. The van der Waals surface area contributed by atoms with E-state index >= 15 is 8.78 Å². The second-order valence-electron chi connectivity index (χ2n) is 8.31. The predicted molar refractivity (Wildman–Crippen MR) is 102 cm³/mol. The molecule has 0 bridgehead atoms. The molecule has 10 heteroatoms. The van der Waals surface area contributed by atoms with Crippen molar-refractivity contribution in [2.75, 3.05) is 30.8 Å². The van der Waals surface area contributed by atoms with E-state index in [0.29, 0.717) is 13.1 Å². The van der Waals surface area contributed by atoms with Crippen LogP contribution in [0.2, 0.25) is 0 Å². The van der Waals surface area contributed by atoms with Crippen LogP contribution in [0.3, 0.4) is 0 Å². The fourth-order valence-electron chi connectivity index (χ4n) is 4.52. The summed E-state index contributed by atoms with van der Waals surface area (Å²) in [5, 5.41) is 9.00. The number of pyridine rings is 1. The van der Waals surface area contributed by atoms with Crippen LogP contribution in [0.15, 0.2) is 11.0 Å². The first-order valence-corrected chi connectivity index (χ1v) is 9.32. The van der Waals surface area contributed by atoms with Crippen molar-refractivity contribution in [2.24, 2.45) is 11.7 Å². The minimum Gasteiger partial charge on any atom is -0.492 e. The van der Waals surface area contributed by atoms with Crippen molar-refractivity contribution in [2.45, 2.75) is 30.6 Å². The Kier molecular flexibility index (Phi) is 3.37. The summed E-state index contributed by atoms with van der Waals surface area (Å²) in [7, 11) is 1.29. The fourth-order valence-corrected chi connectivity index (χ4v) is 4.52. The van der Waals surface area contributed by atoms with Gasteiger partial charge < -0.3 is 30.8 Å². The molecule has 2 atom stereocenters. The lowest BCUT2D eigenvalue weighted by Gasteiger charge is -2.28. The van der Waals surface area contributed by atoms with E-state index in [-0.39, 0.29) is 35.7 Å². The first-order valence-electron chi connectivity index (χ1n) is 9.32. The fraction of sp³-hybridized carbons (Fsp3) is 0.474. The first kappa shape index (κ1) is 18.2. The topological polar surface area (TPSA) is 124 Å². The van der Waals surface area contributed by atoms with Crippen molar-refractivity contribution >= 4 is 28.2 Å². The molecular formula is C19H20F2N4O4. The number of carbonyl (C=O) groups is 1. The molecule has 154 valence electrons. The summed E-state index contributed by atoms with van der Waals surface area (Å²) in [4.78, 5) is 26.0. The second kappa shape index (κ2) is 5.38. The number of benzene rings is 1. The number of fused-ring (bicyclic) bond motifs is 2. The third-order valence-electron chi connectivity index (χ3n) is 6.40. The molecule has 0 radical (unpaired) electrons. The quantitative estimate of drug-likeness (QED) is 0.656. The van der Waals surface area contributed by atoms with Crippen molar-refractivity contribution in [3.63, 3.8) is 0 Å². The van der Waals surface area contributed by atoms with E-state index in [4.69, 9.17) is 16.2 Å². The summed E-state index contributed by atoms with van der Waals surface area (Å²) in [6.07, 6.45) is 2.07. The van der Waals surface area contributed by atoms with Crippen LogP contribution >= 0.6 is 0 Å². The number of hydrogen-bond donors (Lipinski definition) is 3. The Morgan fingerprint density at radius 1 is 1.41 bits per heavy atom. The molecule has 29 heavy (non-hydrogen) atoms. The number of hydrogen-bond acceptors (Lipinski definition) is 6. The number of nitrogen functional groups attached to an aromatic ring is 1. The Labute approximate surface area is 163 Å². The van der Waals surface area contributed by atoms with E-state index in [1.165, 1.54) is 7.11 Å². The molecule has 2 aliphatic carbocycles. The van der Waals surface area contributed by atoms with Gasteiger partial charge in [0.15, 0.2) is 17.4 Å². The van der Waals surface area contributed by atoms with Crippen LogP contribution in [-0.4, -0.2) is 41.4 Å². The summed E-state index contributed by atoms with van der Waals surface area (Å²) >= 11 is 0. The maximum Gasteiger partial charge on any atom is 0.341 e. The number of nitrogens with zero attached hydrogens (tertiary/aromatic N) is 2. The molecule has 0 spiro atoms. The van der Waals surface area contributed by atoms with Crippen molar-refractivity contribution in [3.8, 4) is 5.75 Å². The molecule has 1 aliphatic heterocycles. The maximum absolute atomic E-state index is 15.4. The molecule has 5 N–H and O–H groups in total. The highest BCUT2D eigenvalue weighted by molar-refractivity contribution is 6.03. The Morgan fingerprint density at radius 3 is 2.62 bits per heavy atom. The van der Waals surface area contributed by atoms with Gasteiger partial charge in [0, 0.05) is 37.7 Å². The Morgan fingerprint density at radius 2 is 2.10 bits per heavy atom. The highest BCUT2D eigenvalue weighted by Crippen LogP contribution is 2.54. The molecule has 3 aliphatic rings. The van der Waals surface area contributed by atoms with Crippen molar-refractivity contribution in [3.05, 3.63) is 27.8 Å². The monoisotopic (exact) mass is 406 g/mol. The standard InChI is InChI=1S/C19H20F2N4O4/c1-29-16-13-10(15(26)9(17(27)28)6-25(13)19(21)2-3-19)12(22)11(20)14(16)24-5-8-4-18(8,23)7-24/h6,8H,2-5,7,22-23H2,1H3,(H,27,28). The smallest absolute Gasteiger partial charge is 0.341 e. The van der Waals surface area contributed by atoms with Crippen molar-refractivity contribution in [1.82, 2.24) is 4.57 Å². The second-order valence-corrected chi connectivity index (χ2v) is 8.31. The molecule has 2 aromatic rings. The van der Waals surface area contributed by atoms with Crippen molar-refractivity contribution in [1.29, 1.82) is 0 Å². The lowest BCUT2D eigenvalue weighted by molar-refractivity contribution is 0.0694. The molecule has 1 saturated heterocycles. The number of carboxylic acids is 1. The Hall–Kier alpha value is -2.88. The average molecular weight is 406 g/mol. The van der Waals surface area contributed by atoms with Crippen LogP contribution in [0.1, 0.15) is 29.6 Å². The van der Waals surface area contributed by atoms with Crippen LogP contribution in [-0.2, 0) is 5.79 Å². The Bertz CT molecular complexity index is 1160.